The second-order valence-electron chi connectivity index (χ2n) is 6.32. The molecule has 1 fully saturated rings. The fraction of sp³-hybridized carbons (Fsp3) is 0.647. The van der Waals surface area contributed by atoms with Gasteiger partial charge in [0, 0.05) is 25.9 Å². The maximum absolute atomic E-state index is 5.42. The van der Waals surface area contributed by atoms with Crippen LogP contribution in [0.5, 0.6) is 0 Å². The van der Waals surface area contributed by atoms with Gasteiger partial charge in [0.25, 0.3) is 0 Å². The predicted molar refractivity (Wildman–Crippen MR) is 85.1 cm³/mol. The zero-order valence-electron chi connectivity index (χ0n) is 13.1. The Hall–Kier alpha value is -1.06. The largest absolute Gasteiger partial charge is 0.385 e. The molecule has 0 atom stereocenters. The second kappa shape index (κ2) is 7.09. The number of hydrogen-bond donors (Lipinski definition) is 1. The molecule has 0 amide bonds. The van der Waals surface area contributed by atoms with E-state index >= 15 is 0 Å². The lowest BCUT2D eigenvalue weighted by Crippen LogP contribution is -2.25. The number of rotatable bonds is 7. The van der Waals surface area contributed by atoms with Crippen LogP contribution in [0, 0.1) is 0 Å². The van der Waals surface area contributed by atoms with Crippen molar-refractivity contribution < 1.29 is 4.74 Å². The van der Waals surface area contributed by atoms with Crippen molar-refractivity contribution in [1.29, 1.82) is 0 Å². The summed E-state index contributed by atoms with van der Waals surface area (Å²) in [6.07, 6.45) is 3.71. The molecule has 2 rings (SSSR count). The van der Waals surface area contributed by atoms with E-state index in [1.807, 2.05) is 0 Å². The van der Waals surface area contributed by atoms with Gasteiger partial charge in [0.1, 0.15) is 0 Å². The Morgan fingerprint density at radius 2 is 1.80 bits per heavy atom. The van der Waals surface area contributed by atoms with Crippen molar-refractivity contribution in [3.63, 3.8) is 0 Å². The van der Waals surface area contributed by atoms with Crippen molar-refractivity contribution in [1.82, 2.24) is 4.90 Å². The van der Waals surface area contributed by atoms with Gasteiger partial charge in [-0.3, -0.25) is 4.90 Å². The van der Waals surface area contributed by atoms with Crippen LogP contribution in [-0.4, -0.2) is 37.2 Å². The van der Waals surface area contributed by atoms with Crippen molar-refractivity contribution in [3.05, 3.63) is 29.8 Å². The summed E-state index contributed by atoms with van der Waals surface area (Å²) in [5.41, 5.74) is 2.56. The minimum Gasteiger partial charge on any atom is -0.385 e. The van der Waals surface area contributed by atoms with E-state index in [1.54, 1.807) is 7.11 Å². The molecule has 0 spiro atoms. The Labute approximate surface area is 123 Å². The number of hydrogen-bond acceptors (Lipinski definition) is 3. The molecule has 1 aliphatic heterocycles. The Bertz CT molecular complexity index is 394. The van der Waals surface area contributed by atoms with Crippen LogP contribution in [0.3, 0.4) is 0 Å². The molecule has 1 aliphatic rings. The van der Waals surface area contributed by atoms with Crippen LogP contribution >= 0.6 is 0 Å². The first kappa shape index (κ1) is 15.3. The van der Waals surface area contributed by atoms with Crippen LogP contribution in [0.2, 0.25) is 0 Å². The number of nitrogens with zero attached hydrogens (tertiary/aromatic N) is 1. The average molecular weight is 276 g/mol. The zero-order valence-corrected chi connectivity index (χ0v) is 13.1. The molecule has 0 aromatic heterocycles. The number of likely N-dealkylation sites (tertiary alicyclic amines) is 1. The van der Waals surface area contributed by atoms with Crippen molar-refractivity contribution >= 4 is 5.69 Å². The van der Waals surface area contributed by atoms with Crippen LogP contribution < -0.4 is 5.32 Å². The second-order valence-corrected chi connectivity index (χ2v) is 6.32. The minimum absolute atomic E-state index is 0.0529. The van der Waals surface area contributed by atoms with E-state index in [2.05, 4.69) is 48.3 Å². The third-order valence-electron chi connectivity index (χ3n) is 4.17. The topological polar surface area (TPSA) is 24.5 Å². The predicted octanol–water partition coefficient (Wildman–Crippen LogP) is 3.51. The maximum atomic E-state index is 5.42. The third kappa shape index (κ3) is 4.80. The fourth-order valence-corrected chi connectivity index (χ4v) is 2.54. The van der Waals surface area contributed by atoms with Gasteiger partial charge in [-0.1, -0.05) is 12.1 Å². The van der Waals surface area contributed by atoms with Crippen molar-refractivity contribution in [2.45, 2.75) is 45.3 Å². The van der Waals surface area contributed by atoms with Crippen molar-refractivity contribution in [3.8, 4) is 0 Å². The lowest BCUT2D eigenvalue weighted by molar-refractivity contribution is 0.0185. The molecule has 0 unspecified atom stereocenters. The van der Waals surface area contributed by atoms with E-state index in [-0.39, 0.29) is 5.60 Å². The highest BCUT2D eigenvalue weighted by Crippen LogP contribution is 2.16. The molecule has 3 heteroatoms. The first-order chi connectivity index (χ1) is 9.59. The Morgan fingerprint density at radius 1 is 1.15 bits per heavy atom. The van der Waals surface area contributed by atoms with Gasteiger partial charge in [0.2, 0.25) is 0 Å². The van der Waals surface area contributed by atoms with Crippen LogP contribution in [0.15, 0.2) is 24.3 Å². The van der Waals surface area contributed by atoms with Crippen molar-refractivity contribution in [2.75, 3.05) is 32.1 Å². The fourth-order valence-electron chi connectivity index (χ4n) is 2.54. The molecule has 0 radical (unpaired) electrons. The number of nitrogens with one attached hydrogen (secondary N) is 1. The third-order valence-corrected chi connectivity index (χ3v) is 4.17. The number of ether oxygens (including phenoxy) is 1. The first-order valence-corrected chi connectivity index (χ1v) is 7.69. The molecule has 0 aliphatic carbocycles. The highest BCUT2D eigenvalue weighted by Gasteiger charge is 2.15. The van der Waals surface area contributed by atoms with Crippen molar-refractivity contribution in [2.24, 2.45) is 0 Å². The van der Waals surface area contributed by atoms with E-state index in [9.17, 15) is 0 Å². The maximum Gasteiger partial charge on any atom is 0.0639 e. The molecular formula is C17H28N2O. The van der Waals surface area contributed by atoms with Gasteiger partial charge in [-0.2, -0.15) is 0 Å². The van der Waals surface area contributed by atoms with Crippen LogP contribution in [0.25, 0.3) is 0 Å². The molecular weight excluding hydrogens is 248 g/mol. The Balaban J connectivity index is 1.76. The Morgan fingerprint density at radius 3 is 2.40 bits per heavy atom. The number of methoxy groups -OCH3 is 1. The molecule has 1 N–H and O–H groups in total. The summed E-state index contributed by atoms with van der Waals surface area (Å²) >= 11 is 0. The van der Waals surface area contributed by atoms with Crippen LogP contribution in [-0.2, 0) is 11.3 Å². The Kier molecular flexibility index (Phi) is 5.44. The quantitative estimate of drug-likeness (QED) is 0.825. The van der Waals surface area contributed by atoms with E-state index in [0.29, 0.717) is 0 Å². The number of benzene rings is 1. The standard InChI is InChI=1S/C17H28N2O/c1-17(2,20-3)10-11-18-16-8-6-15(7-9-16)14-19-12-4-5-13-19/h6-9,18H,4-5,10-14H2,1-3H3. The highest BCUT2D eigenvalue weighted by atomic mass is 16.5. The normalized spacial score (nSPS) is 16.6. The van der Waals surface area contributed by atoms with Gasteiger partial charge in [0.05, 0.1) is 5.60 Å². The minimum atomic E-state index is -0.0529. The van der Waals surface area contributed by atoms with E-state index in [0.717, 1.165) is 19.5 Å². The first-order valence-electron chi connectivity index (χ1n) is 7.69. The molecule has 112 valence electrons. The molecule has 3 nitrogen and oxygen atoms in total. The molecule has 1 aromatic rings. The zero-order chi connectivity index (χ0) is 14.4. The smallest absolute Gasteiger partial charge is 0.0639 e. The molecule has 1 saturated heterocycles. The molecule has 0 saturated carbocycles. The summed E-state index contributed by atoms with van der Waals surface area (Å²) < 4.78 is 5.42. The molecule has 20 heavy (non-hydrogen) atoms. The monoisotopic (exact) mass is 276 g/mol. The molecule has 1 aromatic carbocycles. The van der Waals surface area contributed by atoms with Gasteiger partial charge in [-0.25, -0.2) is 0 Å². The highest BCUT2D eigenvalue weighted by molar-refractivity contribution is 5.44. The summed E-state index contributed by atoms with van der Waals surface area (Å²) in [7, 11) is 1.77. The lowest BCUT2D eigenvalue weighted by atomic mass is 10.1. The lowest BCUT2D eigenvalue weighted by Gasteiger charge is -2.23. The van der Waals surface area contributed by atoms with Gasteiger partial charge in [0.15, 0.2) is 0 Å². The number of anilines is 1. The van der Waals surface area contributed by atoms with Gasteiger partial charge >= 0.3 is 0 Å². The van der Waals surface area contributed by atoms with Crippen LogP contribution in [0.1, 0.15) is 38.7 Å². The van der Waals surface area contributed by atoms with Crippen LogP contribution in [0.4, 0.5) is 5.69 Å². The van der Waals surface area contributed by atoms with E-state index in [1.165, 1.54) is 37.2 Å². The summed E-state index contributed by atoms with van der Waals surface area (Å²) in [5.74, 6) is 0. The summed E-state index contributed by atoms with van der Waals surface area (Å²) in [5, 5.41) is 3.46. The molecule has 1 heterocycles. The van der Waals surface area contributed by atoms with E-state index < -0.39 is 0 Å². The van der Waals surface area contributed by atoms with Gasteiger partial charge in [-0.05, 0) is 63.9 Å². The summed E-state index contributed by atoms with van der Waals surface area (Å²) in [6.45, 7) is 8.78. The molecule has 0 bridgehead atoms. The van der Waals surface area contributed by atoms with Gasteiger partial charge in [-0.15, -0.1) is 0 Å². The SMILES string of the molecule is COC(C)(C)CCNc1ccc(CN2CCCC2)cc1. The van der Waals surface area contributed by atoms with Gasteiger partial charge < -0.3 is 10.1 Å². The van der Waals surface area contributed by atoms with E-state index in [4.69, 9.17) is 4.74 Å². The average Bonchev–Trinajstić information content (AvgIpc) is 2.94. The summed E-state index contributed by atoms with van der Waals surface area (Å²) in [4.78, 5) is 2.53. The summed E-state index contributed by atoms with van der Waals surface area (Å²) in [6, 6.07) is 8.85.